The van der Waals surface area contributed by atoms with E-state index in [-0.39, 0.29) is 11.4 Å². The molecule has 9 nitrogen and oxygen atoms in total. The predicted octanol–water partition coefficient (Wildman–Crippen LogP) is -0.337. The molecule has 10 heteroatoms. The topological polar surface area (TPSA) is 113 Å². The summed E-state index contributed by atoms with van der Waals surface area (Å²) in [5.74, 6) is -0.504. The van der Waals surface area contributed by atoms with Crippen LogP contribution in [0.15, 0.2) is 12.4 Å². The molecule has 0 spiro atoms. The molecule has 0 aliphatic carbocycles. The number of aromatic carboxylic acids is 1. The first-order valence-corrected chi connectivity index (χ1v) is 8.82. The van der Waals surface area contributed by atoms with Crippen LogP contribution in [-0.4, -0.2) is 79.4 Å². The van der Waals surface area contributed by atoms with Crippen LogP contribution in [0.4, 0.5) is 5.82 Å². The lowest BCUT2D eigenvalue weighted by Gasteiger charge is -2.34. The van der Waals surface area contributed by atoms with E-state index in [1.165, 1.54) is 16.7 Å². The number of carboxylic acids is 1. The normalized spacial score (nSPS) is 16.5. The van der Waals surface area contributed by atoms with Gasteiger partial charge in [-0.15, -0.1) is 0 Å². The minimum absolute atomic E-state index is 0.0773. The Hall–Kier alpha value is -1.78. The van der Waals surface area contributed by atoms with E-state index < -0.39 is 16.0 Å². The van der Waals surface area contributed by atoms with E-state index in [2.05, 4.69) is 9.97 Å². The Morgan fingerprint density at radius 1 is 1.26 bits per heavy atom. The summed E-state index contributed by atoms with van der Waals surface area (Å²) in [4.78, 5) is 20.5. The fraction of sp³-hybridized carbons (Fsp3) is 0.615. The van der Waals surface area contributed by atoms with Crippen LogP contribution >= 0.6 is 0 Å². The SMILES string of the molecule is COCCCS(=O)(=O)N1CCN(c2cnc(C(=O)O)cn2)CC1. The number of anilines is 1. The van der Waals surface area contributed by atoms with Crippen LogP contribution in [0.3, 0.4) is 0 Å². The molecule has 0 amide bonds. The van der Waals surface area contributed by atoms with Gasteiger partial charge in [0, 0.05) is 39.9 Å². The lowest BCUT2D eigenvalue weighted by atomic mass is 10.3. The molecule has 23 heavy (non-hydrogen) atoms. The summed E-state index contributed by atoms with van der Waals surface area (Å²) in [6, 6.07) is 0. The first kappa shape index (κ1) is 17.6. The quantitative estimate of drug-likeness (QED) is 0.669. The molecule has 128 valence electrons. The van der Waals surface area contributed by atoms with Gasteiger partial charge in [-0.1, -0.05) is 0 Å². The molecule has 1 aliphatic heterocycles. The van der Waals surface area contributed by atoms with E-state index in [9.17, 15) is 13.2 Å². The van der Waals surface area contributed by atoms with Crippen LogP contribution in [0.25, 0.3) is 0 Å². The molecule has 1 aliphatic rings. The molecule has 0 bridgehead atoms. The van der Waals surface area contributed by atoms with Crippen LogP contribution in [-0.2, 0) is 14.8 Å². The maximum Gasteiger partial charge on any atom is 0.356 e. The average molecular weight is 344 g/mol. The number of hydrogen-bond donors (Lipinski definition) is 1. The zero-order valence-electron chi connectivity index (χ0n) is 12.9. The Balaban J connectivity index is 1.91. The third-order valence-corrected chi connectivity index (χ3v) is 5.52. The van der Waals surface area contributed by atoms with E-state index in [0.29, 0.717) is 45.0 Å². The second-order valence-electron chi connectivity index (χ2n) is 5.11. The standard InChI is InChI=1S/C13H20N4O5S/c1-22-7-2-8-23(20,21)17-5-3-16(4-6-17)12-10-14-11(9-15-12)13(18)19/h9-10H,2-8H2,1H3,(H,18,19). The molecule has 2 rings (SSSR count). The summed E-state index contributed by atoms with van der Waals surface area (Å²) >= 11 is 0. The summed E-state index contributed by atoms with van der Waals surface area (Å²) in [6.45, 7) is 2.15. The molecular weight excluding hydrogens is 324 g/mol. The Morgan fingerprint density at radius 2 is 1.96 bits per heavy atom. The van der Waals surface area contributed by atoms with Crippen molar-refractivity contribution in [3.63, 3.8) is 0 Å². The highest BCUT2D eigenvalue weighted by atomic mass is 32.2. The smallest absolute Gasteiger partial charge is 0.356 e. The Labute approximate surface area is 134 Å². The number of carbonyl (C=O) groups is 1. The van der Waals surface area contributed by atoms with Gasteiger partial charge < -0.3 is 14.7 Å². The van der Waals surface area contributed by atoms with E-state index in [1.54, 1.807) is 7.11 Å². The van der Waals surface area contributed by atoms with E-state index in [0.717, 1.165) is 0 Å². The molecule has 1 N–H and O–H groups in total. The Kier molecular flexibility index (Phi) is 5.85. The molecule has 0 radical (unpaired) electrons. The lowest BCUT2D eigenvalue weighted by Crippen LogP contribution is -2.49. The maximum absolute atomic E-state index is 12.2. The summed E-state index contributed by atoms with van der Waals surface area (Å²) in [5, 5.41) is 8.80. The summed E-state index contributed by atoms with van der Waals surface area (Å²) in [5.41, 5.74) is -0.117. The van der Waals surface area contributed by atoms with Crippen molar-refractivity contribution in [3.05, 3.63) is 18.1 Å². The number of nitrogens with zero attached hydrogens (tertiary/aromatic N) is 4. The third kappa shape index (κ3) is 4.60. The highest BCUT2D eigenvalue weighted by Gasteiger charge is 2.27. The Bertz CT molecular complexity index is 626. The van der Waals surface area contributed by atoms with Gasteiger partial charge in [-0.2, -0.15) is 4.31 Å². The minimum atomic E-state index is -3.27. The minimum Gasteiger partial charge on any atom is -0.476 e. The van der Waals surface area contributed by atoms with Gasteiger partial charge in [0.25, 0.3) is 0 Å². The van der Waals surface area contributed by atoms with Crippen LogP contribution in [0.2, 0.25) is 0 Å². The molecule has 1 saturated heterocycles. The number of sulfonamides is 1. The second kappa shape index (κ2) is 7.66. The molecule has 1 aromatic heterocycles. The van der Waals surface area contributed by atoms with Crippen molar-refractivity contribution in [2.24, 2.45) is 0 Å². The number of carboxylic acid groups (broad SMARTS) is 1. The van der Waals surface area contributed by atoms with Crippen LogP contribution in [0.1, 0.15) is 16.9 Å². The predicted molar refractivity (Wildman–Crippen MR) is 83.1 cm³/mol. The van der Waals surface area contributed by atoms with Crippen molar-refractivity contribution in [1.82, 2.24) is 14.3 Å². The summed E-state index contributed by atoms with van der Waals surface area (Å²) in [6.07, 6.45) is 3.07. The van der Waals surface area contributed by atoms with E-state index >= 15 is 0 Å². The zero-order valence-corrected chi connectivity index (χ0v) is 13.7. The van der Waals surface area contributed by atoms with Crippen molar-refractivity contribution >= 4 is 21.8 Å². The number of methoxy groups -OCH3 is 1. The molecule has 1 aromatic rings. The van der Waals surface area contributed by atoms with Gasteiger partial charge in [-0.3, -0.25) is 0 Å². The largest absolute Gasteiger partial charge is 0.476 e. The monoisotopic (exact) mass is 344 g/mol. The van der Waals surface area contributed by atoms with Gasteiger partial charge in [0.05, 0.1) is 18.1 Å². The van der Waals surface area contributed by atoms with Crippen molar-refractivity contribution in [3.8, 4) is 0 Å². The van der Waals surface area contributed by atoms with Gasteiger partial charge in [-0.25, -0.2) is 23.2 Å². The Morgan fingerprint density at radius 3 is 2.48 bits per heavy atom. The van der Waals surface area contributed by atoms with Gasteiger partial charge in [-0.05, 0) is 6.42 Å². The van der Waals surface area contributed by atoms with E-state index in [1.807, 2.05) is 4.90 Å². The fourth-order valence-corrected chi connectivity index (χ4v) is 3.77. The molecule has 0 aromatic carbocycles. The van der Waals surface area contributed by atoms with E-state index in [4.69, 9.17) is 9.84 Å². The molecule has 0 atom stereocenters. The first-order valence-electron chi connectivity index (χ1n) is 7.21. The number of hydrogen-bond acceptors (Lipinski definition) is 7. The molecule has 1 fully saturated rings. The van der Waals surface area contributed by atoms with Crippen LogP contribution < -0.4 is 4.90 Å². The zero-order chi connectivity index (χ0) is 16.9. The average Bonchev–Trinajstić information content (AvgIpc) is 2.55. The molecule has 0 unspecified atom stereocenters. The molecule has 2 heterocycles. The number of ether oxygens (including phenoxy) is 1. The number of rotatable bonds is 7. The fourth-order valence-electron chi connectivity index (χ4n) is 2.31. The molecule has 0 saturated carbocycles. The van der Waals surface area contributed by atoms with Gasteiger partial charge in [0.2, 0.25) is 10.0 Å². The van der Waals surface area contributed by atoms with Crippen molar-refractivity contribution in [2.75, 3.05) is 50.5 Å². The first-order chi connectivity index (χ1) is 10.9. The highest BCUT2D eigenvalue weighted by Crippen LogP contribution is 2.15. The second-order valence-corrected chi connectivity index (χ2v) is 7.20. The van der Waals surface area contributed by atoms with Crippen molar-refractivity contribution < 1.29 is 23.1 Å². The summed E-state index contributed by atoms with van der Waals surface area (Å²) in [7, 11) is -1.72. The lowest BCUT2D eigenvalue weighted by molar-refractivity contribution is 0.0690. The van der Waals surface area contributed by atoms with Gasteiger partial charge >= 0.3 is 5.97 Å². The number of piperazine rings is 1. The highest BCUT2D eigenvalue weighted by molar-refractivity contribution is 7.89. The van der Waals surface area contributed by atoms with Gasteiger partial charge in [0.15, 0.2) is 5.69 Å². The third-order valence-electron chi connectivity index (χ3n) is 3.56. The molecular formula is C13H20N4O5S. The number of aromatic nitrogens is 2. The van der Waals surface area contributed by atoms with Crippen molar-refractivity contribution in [1.29, 1.82) is 0 Å². The van der Waals surface area contributed by atoms with Gasteiger partial charge in [0.1, 0.15) is 5.82 Å². The van der Waals surface area contributed by atoms with Crippen LogP contribution in [0.5, 0.6) is 0 Å². The maximum atomic E-state index is 12.2. The van der Waals surface area contributed by atoms with Crippen molar-refractivity contribution in [2.45, 2.75) is 6.42 Å². The van der Waals surface area contributed by atoms with Crippen LogP contribution in [0, 0.1) is 0 Å². The summed E-state index contributed by atoms with van der Waals surface area (Å²) < 4.78 is 30.7.